The van der Waals surface area contributed by atoms with Crippen molar-refractivity contribution in [3.05, 3.63) is 42.3 Å². The first-order valence-electron chi connectivity index (χ1n) is 11.8. The van der Waals surface area contributed by atoms with Crippen molar-refractivity contribution >= 4 is 33.8 Å². The average molecular weight is 495 g/mol. The van der Waals surface area contributed by atoms with Gasteiger partial charge in [-0.05, 0) is 49.6 Å². The maximum Gasteiger partial charge on any atom is 0.407 e. The van der Waals surface area contributed by atoms with Gasteiger partial charge in [-0.2, -0.15) is 5.10 Å². The number of aromatic nitrogens is 4. The van der Waals surface area contributed by atoms with Gasteiger partial charge in [0.2, 0.25) is 0 Å². The maximum atomic E-state index is 14.7. The minimum Gasteiger partial charge on any atom is -0.504 e. The van der Waals surface area contributed by atoms with Gasteiger partial charge in [0.1, 0.15) is 17.5 Å². The third-order valence-corrected chi connectivity index (χ3v) is 7.18. The highest BCUT2D eigenvalue weighted by Gasteiger charge is 2.42. The van der Waals surface area contributed by atoms with Gasteiger partial charge in [-0.1, -0.05) is 0 Å². The van der Waals surface area contributed by atoms with Crippen LogP contribution in [0.25, 0.3) is 33.2 Å². The Balaban J connectivity index is 1.26. The lowest BCUT2D eigenvalue weighted by molar-refractivity contribution is 0.0341. The van der Waals surface area contributed by atoms with Crippen LogP contribution in [0.15, 0.2) is 36.5 Å². The van der Waals surface area contributed by atoms with E-state index in [1.165, 1.54) is 9.58 Å². The summed E-state index contributed by atoms with van der Waals surface area (Å²) in [6, 6.07) is 8.25. The number of rotatable bonds is 4. The standard InChI is InChI=1S/C25H24F2N6O3/c1-31-11-13-8-17(24(34)22(27)23(13)30-31)18-2-3-20-19(28-18)4-5-21(29-20)32-7-6-15(12-32)33(25(35)36)16-9-14(26)10-16/h2-5,8,11,14-16,34H,6-7,9-10,12H2,1H3,(H,35,36)/t14-,15?,16-. The summed E-state index contributed by atoms with van der Waals surface area (Å²) in [4.78, 5) is 24.6. The number of phenols is 1. The number of carboxylic acid groups (broad SMARTS) is 1. The number of aromatic hydroxyl groups is 1. The second-order valence-corrected chi connectivity index (χ2v) is 9.53. The Bertz CT molecular complexity index is 1500. The highest BCUT2D eigenvalue weighted by Crippen LogP contribution is 2.36. The van der Waals surface area contributed by atoms with E-state index in [0.29, 0.717) is 47.4 Å². The Kier molecular flexibility index (Phi) is 5.16. The molecule has 11 heteroatoms. The third-order valence-electron chi connectivity index (χ3n) is 7.18. The van der Waals surface area contributed by atoms with Crippen LogP contribution in [0, 0.1) is 5.82 Å². The number of pyridine rings is 2. The Morgan fingerprint density at radius 1 is 1.14 bits per heavy atom. The van der Waals surface area contributed by atoms with Crippen molar-refractivity contribution < 1.29 is 23.8 Å². The molecule has 2 N–H and O–H groups in total. The van der Waals surface area contributed by atoms with Crippen LogP contribution in [0.5, 0.6) is 5.75 Å². The van der Waals surface area contributed by atoms with E-state index in [2.05, 4.69) is 10.1 Å². The molecular formula is C25H24F2N6O3. The Labute approximate surface area is 204 Å². The lowest BCUT2D eigenvalue weighted by atomic mass is 9.88. The molecule has 1 saturated carbocycles. The molecule has 1 amide bonds. The second-order valence-electron chi connectivity index (χ2n) is 9.53. The highest BCUT2D eigenvalue weighted by atomic mass is 19.1. The molecule has 9 nitrogen and oxygen atoms in total. The van der Waals surface area contributed by atoms with E-state index in [0.717, 1.165) is 0 Å². The first kappa shape index (κ1) is 22.4. The normalized spacial score (nSPS) is 21.8. The summed E-state index contributed by atoms with van der Waals surface area (Å²) in [6.07, 6.45) is 0.922. The fourth-order valence-electron chi connectivity index (χ4n) is 5.29. The number of aryl methyl sites for hydroxylation is 1. The molecule has 4 heterocycles. The van der Waals surface area contributed by atoms with Gasteiger partial charge in [-0.15, -0.1) is 0 Å². The molecule has 1 saturated heterocycles. The van der Waals surface area contributed by atoms with Gasteiger partial charge < -0.3 is 20.0 Å². The van der Waals surface area contributed by atoms with E-state index >= 15 is 0 Å². The molecule has 1 aliphatic carbocycles. The van der Waals surface area contributed by atoms with Gasteiger partial charge in [0.15, 0.2) is 11.6 Å². The van der Waals surface area contributed by atoms with E-state index in [1.807, 2.05) is 11.0 Å². The number of hydrogen-bond donors (Lipinski definition) is 2. The van der Waals surface area contributed by atoms with Gasteiger partial charge >= 0.3 is 6.09 Å². The summed E-state index contributed by atoms with van der Waals surface area (Å²) in [5, 5.41) is 24.7. The fraction of sp³-hybridized carbons (Fsp3) is 0.360. The first-order chi connectivity index (χ1) is 17.3. The van der Waals surface area contributed by atoms with Crippen molar-refractivity contribution in [2.45, 2.75) is 37.5 Å². The minimum atomic E-state index is -1.01. The van der Waals surface area contributed by atoms with Crippen LogP contribution < -0.4 is 4.90 Å². The van der Waals surface area contributed by atoms with Crippen LogP contribution in [0.3, 0.4) is 0 Å². The number of fused-ring (bicyclic) bond motifs is 2. The highest BCUT2D eigenvalue weighted by molar-refractivity contribution is 5.89. The molecule has 0 spiro atoms. The maximum absolute atomic E-state index is 14.7. The molecule has 0 bridgehead atoms. The summed E-state index contributed by atoms with van der Waals surface area (Å²) in [7, 11) is 1.68. The van der Waals surface area contributed by atoms with Crippen LogP contribution in [-0.2, 0) is 7.05 Å². The fourth-order valence-corrected chi connectivity index (χ4v) is 5.29. The van der Waals surface area contributed by atoms with E-state index in [1.54, 1.807) is 37.5 Å². The Hall–Kier alpha value is -4.02. The van der Waals surface area contributed by atoms with Crippen LogP contribution >= 0.6 is 0 Å². The van der Waals surface area contributed by atoms with Crippen LogP contribution in [-0.4, -0.2) is 72.3 Å². The van der Waals surface area contributed by atoms with E-state index in [4.69, 9.17) is 4.98 Å². The van der Waals surface area contributed by atoms with Crippen molar-refractivity contribution in [2.24, 2.45) is 7.05 Å². The quantitative estimate of drug-likeness (QED) is 0.440. The number of halogens is 2. The van der Waals surface area contributed by atoms with E-state index < -0.39 is 23.8 Å². The smallest absolute Gasteiger partial charge is 0.407 e. The summed E-state index contributed by atoms with van der Waals surface area (Å²) < 4.78 is 29.5. The average Bonchev–Trinajstić information content (AvgIpc) is 3.46. The predicted molar refractivity (Wildman–Crippen MR) is 129 cm³/mol. The molecule has 2 aliphatic rings. The molecule has 3 aromatic heterocycles. The molecule has 36 heavy (non-hydrogen) atoms. The largest absolute Gasteiger partial charge is 0.504 e. The van der Waals surface area contributed by atoms with Crippen molar-refractivity contribution in [1.29, 1.82) is 0 Å². The monoisotopic (exact) mass is 494 g/mol. The van der Waals surface area contributed by atoms with Gasteiger partial charge in [-0.25, -0.2) is 23.5 Å². The number of anilines is 1. The summed E-state index contributed by atoms with van der Waals surface area (Å²) in [6.45, 7) is 1.13. The second kappa shape index (κ2) is 8.28. The SMILES string of the molecule is Cn1cc2cc(-c3ccc4nc(N5CCC(N(C(=O)O)[C@H]6C[C@H](F)C6)C5)ccc4n3)c(O)c(F)c2n1. The summed E-state index contributed by atoms with van der Waals surface area (Å²) in [5.74, 6) is -0.594. The summed E-state index contributed by atoms with van der Waals surface area (Å²) >= 11 is 0. The van der Waals surface area contributed by atoms with Gasteiger partial charge in [-0.3, -0.25) is 4.68 Å². The zero-order valence-electron chi connectivity index (χ0n) is 19.5. The number of phenolic OH excluding ortho intramolecular Hbond substituents is 1. The zero-order valence-corrected chi connectivity index (χ0v) is 19.5. The molecule has 0 radical (unpaired) electrons. The van der Waals surface area contributed by atoms with Crippen molar-refractivity contribution in [3.63, 3.8) is 0 Å². The Morgan fingerprint density at radius 2 is 1.89 bits per heavy atom. The van der Waals surface area contributed by atoms with Gasteiger partial charge in [0.05, 0.1) is 22.8 Å². The van der Waals surface area contributed by atoms with Crippen LogP contribution in [0.2, 0.25) is 0 Å². The van der Waals surface area contributed by atoms with Crippen LogP contribution in [0.4, 0.5) is 19.4 Å². The van der Waals surface area contributed by atoms with E-state index in [9.17, 15) is 23.8 Å². The Morgan fingerprint density at radius 3 is 2.64 bits per heavy atom. The molecule has 2 fully saturated rings. The molecular weight excluding hydrogens is 470 g/mol. The lowest BCUT2D eigenvalue weighted by Gasteiger charge is -2.41. The van der Waals surface area contributed by atoms with E-state index in [-0.39, 0.29) is 36.0 Å². The van der Waals surface area contributed by atoms with Crippen molar-refractivity contribution in [1.82, 2.24) is 24.6 Å². The molecule has 186 valence electrons. The van der Waals surface area contributed by atoms with Crippen LogP contribution in [0.1, 0.15) is 19.3 Å². The topological polar surface area (TPSA) is 108 Å². The zero-order chi connectivity index (χ0) is 25.1. The predicted octanol–water partition coefficient (Wildman–Crippen LogP) is 4.09. The summed E-state index contributed by atoms with van der Waals surface area (Å²) in [5.41, 5.74) is 1.97. The number of nitrogens with zero attached hydrogens (tertiary/aromatic N) is 6. The van der Waals surface area contributed by atoms with Gasteiger partial charge in [0.25, 0.3) is 0 Å². The molecule has 1 aromatic carbocycles. The minimum absolute atomic E-state index is 0.0954. The molecule has 1 aliphatic heterocycles. The lowest BCUT2D eigenvalue weighted by Crippen LogP contribution is -2.53. The molecule has 1 unspecified atom stereocenters. The molecule has 4 aromatic rings. The number of carbonyl (C=O) groups is 1. The number of alkyl halides is 1. The molecule has 1 atom stereocenters. The number of hydrogen-bond acceptors (Lipinski definition) is 6. The molecule has 6 rings (SSSR count). The van der Waals surface area contributed by atoms with Crippen molar-refractivity contribution in [3.8, 4) is 17.0 Å². The van der Waals surface area contributed by atoms with Gasteiger partial charge in [0, 0.05) is 43.3 Å². The number of amides is 1. The first-order valence-corrected chi connectivity index (χ1v) is 11.8. The number of benzene rings is 1. The van der Waals surface area contributed by atoms with Crippen molar-refractivity contribution in [2.75, 3.05) is 18.0 Å². The third kappa shape index (κ3) is 3.66.